The Labute approximate surface area is 113 Å². The van der Waals surface area contributed by atoms with Crippen LogP contribution >= 0.6 is 0 Å². The van der Waals surface area contributed by atoms with Crippen molar-refractivity contribution in [3.8, 4) is 0 Å². The highest BCUT2D eigenvalue weighted by Gasteiger charge is 2.44. The molecule has 1 rings (SSSR count). The zero-order chi connectivity index (χ0) is 14.7. The third-order valence-corrected chi connectivity index (χ3v) is 4.04. The third kappa shape index (κ3) is 3.83. The van der Waals surface area contributed by atoms with Crippen molar-refractivity contribution in [1.29, 1.82) is 0 Å². The second kappa shape index (κ2) is 5.77. The number of carboxylic acids is 1. The van der Waals surface area contributed by atoms with Gasteiger partial charge in [-0.05, 0) is 40.5 Å². The fourth-order valence-electron chi connectivity index (χ4n) is 1.76. The summed E-state index contributed by atoms with van der Waals surface area (Å²) >= 11 is 0. The summed E-state index contributed by atoms with van der Waals surface area (Å²) < 4.78 is 5.40. The SMILES string of the molecule is CC(C)(NC(=O)NCC1CCCO1)C(C)(C)C(=O)O. The second-order valence-corrected chi connectivity index (χ2v) is 6.03. The molecule has 1 fully saturated rings. The Balaban J connectivity index is 2.47. The first-order valence-corrected chi connectivity index (χ1v) is 6.58. The van der Waals surface area contributed by atoms with Crippen LogP contribution in [0.1, 0.15) is 40.5 Å². The summed E-state index contributed by atoms with van der Waals surface area (Å²) in [7, 11) is 0. The molecular weight excluding hydrogens is 248 g/mol. The van der Waals surface area contributed by atoms with Crippen LogP contribution < -0.4 is 10.6 Å². The Morgan fingerprint density at radius 3 is 2.42 bits per heavy atom. The van der Waals surface area contributed by atoms with E-state index in [4.69, 9.17) is 4.74 Å². The first-order valence-electron chi connectivity index (χ1n) is 6.58. The van der Waals surface area contributed by atoms with E-state index in [1.165, 1.54) is 0 Å². The van der Waals surface area contributed by atoms with E-state index in [2.05, 4.69) is 10.6 Å². The number of amides is 2. The summed E-state index contributed by atoms with van der Waals surface area (Å²) in [6.07, 6.45) is 2.04. The first kappa shape index (κ1) is 15.8. The molecule has 0 aromatic carbocycles. The van der Waals surface area contributed by atoms with Gasteiger partial charge in [-0.15, -0.1) is 0 Å². The molecule has 1 aliphatic rings. The average molecular weight is 272 g/mol. The van der Waals surface area contributed by atoms with Gasteiger partial charge in [-0.1, -0.05) is 0 Å². The van der Waals surface area contributed by atoms with Crippen molar-refractivity contribution in [2.24, 2.45) is 5.41 Å². The van der Waals surface area contributed by atoms with Gasteiger partial charge in [0.15, 0.2) is 0 Å². The quantitative estimate of drug-likeness (QED) is 0.705. The number of ether oxygens (including phenoxy) is 1. The highest BCUT2D eigenvalue weighted by Crippen LogP contribution is 2.30. The highest BCUT2D eigenvalue weighted by molar-refractivity contribution is 5.79. The zero-order valence-corrected chi connectivity index (χ0v) is 12.1. The minimum absolute atomic E-state index is 0.0707. The maximum absolute atomic E-state index is 11.8. The number of carboxylic acid groups (broad SMARTS) is 1. The van der Waals surface area contributed by atoms with Gasteiger partial charge >= 0.3 is 12.0 Å². The number of carbonyl (C=O) groups is 2. The molecule has 0 radical (unpaired) electrons. The Morgan fingerprint density at radius 2 is 1.95 bits per heavy atom. The molecule has 0 bridgehead atoms. The summed E-state index contributed by atoms with van der Waals surface area (Å²) in [5.41, 5.74) is -1.92. The predicted molar refractivity (Wildman–Crippen MR) is 71.0 cm³/mol. The van der Waals surface area contributed by atoms with Crippen molar-refractivity contribution in [3.05, 3.63) is 0 Å². The summed E-state index contributed by atoms with van der Waals surface area (Å²) in [5.74, 6) is -0.947. The molecule has 1 unspecified atom stereocenters. The lowest BCUT2D eigenvalue weighted by molar-refractivity contribution is -0.150. The van der Waals surface area contributed by atoms with E-state index in [0.717, 1.165) is 19.4 Å². The predicted octanol–water partition coefficient (Wildman–Crippen LogP) is 1.35. The van der Waals surface area contributed by atoms with Crippen molar-refractivity contribution in [2.45, 2.75) is 52.2 Å². The lowest BCUT2D eigenvalue weighted by Gasteiger charge is -2.38. The van der Waals surface area contributed by atoms with E-state index in [9.17, 15) is 14.7 Å². The van der Waals surface area contributed by atoms with Crippen LogP contribution in [0.4, 0.5) is 4.79 Å². The molecule has 19 heavy (non-hydrogen) atoms. The Morgan fingerprint density at radius 1 is 1.32 bits per heavy atom. The average Bonchev–Trinajstić information content (AvgIpc) is 2.78. The largest absolute Gasteiger partial charge is 0.481 e. The number of aliphatic carboxylic acids is 1. The number of hydrogen-bond donors (Lipinski definition) is 3. The van der Waals surface area contributed by atoms with Crippen LogP contribution in [0.25, 0.3) is 0 Å². The number of hydrogen-bond acceptors (Lipinski definition) is 3. The molecule has 0 aromatic heterocycles. The summed E-state index contributed by atoms with van der Waals surface area (Å²) in [6.45, 7) is 7.78. The fraction of sp³-hybridized carbons (Fsp3) is 0.846. The van der Waals surface area contributed by atoms with E-state index < -0.39 is 16.9 Å². The molecule has 1 aliphatic heterocycles. The van der Waals surface area contributed by atoms with Crippen molar-refractivity contribution in [1.82, 2.24) is 10.6 Å². The fourth-order valence-corrected chi connectivity index (χ4v) is 1.76. The minimum atomic E-state index is -1.06. The monoisotopic (exact) mass is 272 g/mol. The van der Waals surface area contributed by atoms with Crippen LogP contribution in [-0.2, 0) is 9.53 Å². The van der Waals surface area contributed by atoms with Crippen LogP contribution in [0, 0.1) is 5.41 Å². The number of urea groups is 1. The lowest BCUT2D eigenvalue weighted by atomic mass is 9.74. The standard InChI is InChI=1S/C13H24N2O4/c1-12(2,10(16)17)13(3,4)15-11(18)14-8-9-6-5-7-19-9/h9H,5-8H2,1-4H3,(H,16,17)(H2,14,15,18). The van der Waals surface area contributed by atoms with Crippen molar-refractivity contribution < 1.29 is 19.4 Å². The van der Waals surface area contributed by atoms with Crippen LogP contribution in [-0.4, -0.2) is 41.9 Å². The third-order valence-electron chi connectivity index (χ3n) is 4.04. The van der Waals surface area contributed by atoms with Gasteiger partial charge in [-0.25, -0.2) is 4.79 Å². The van der Waals surface area contributed by atoms with Gasteiger partial charge in [0, 0.05) is 13.2 Å². The molecule has 2 amide bonds. The Bertz CT molecular complexity index is 347. The Kier molecular flexibility index (Phi) is 4.79. The van der Waals surface area contributed by atoms with Crippen LogP contribution in [0.2, 0.25) is 0 Å². The van der Waals surface area contributed by atoms with Crippen LogP contribution in [0.5, 0.6) is 0 Å². The van der Waals surface area contributed by atoms with E-state index in [-0.39, 0.29) is 12.1 Å². The topological polar surface area (TPSA) is 87.7 Å². The van der Waals surface area contributed by atoms with Crippen molar-refractivity contribution in [3.63, 3.8) is 0 Å². The zero-order valence-electron chi connectivity index (χ0n) is 12.1. The van der Waals surface area contributed by atoms with E-state index in [1.807, 2.05) is 0 Å². The maximum atomic E-state index is 11.8. The molecule has 1 heterocycles. The van der Waals surface area contributed by atoms with E-state index >= 15 is 0 Å². The highest BCUT2D eigenvalue weighted by atomic mass is 16.5. The summed E-state index contributed by atoms with van der Waals surface area (Å²) in [4.78, 5) is 23.0. The molecule has 0 saturated carbocycles. The van der Waals surface area contributed by atoms with Gasteiger partial charge < -0.3 is 20.5 Å². The van der Waals surface area contributed by atoms with Crippen molar-refractivity contribution >= 4 is 12.0 Å². The number of rotatable bonds is 5. The lowest BCUT2D eigenvalue weighted by Crippen LogP contribution is -2.59. The van der Waals surface area contributed by atoms with Crippen LogP contribution in [0.3, 0.4) is 0 Å². The number of carbonyl (C=O) groups excluding carboxylic acids is 1. The normalized spacial score (nSPS) is 20.1. The summed E-state index contributed by atoms with van der Waals surface area (Å²) in [6, 6.07) is -0.366. The molecule has 3 N–H and O–H groups in total. The van der Waals surface area contributed by atoms with Gasteiger partial charge in [0.2, 0.25) is 0 Å². The molecule has 0 aliphatic carbocycles. The molecule has 6 heteroatoms. The molecule has 110 valence electrons. The van der Waals surface area contributed by atoms with E-state index in [1.54, 1.807) is 27.7 Å². The first-order chi connectivity index (χ1) is 8.67. The van der Waals surface area contributed by atoms with Crippen LogP contribution in [0.15, 0.2) is 0 Å². The van der Waals surface area contributed by atoms with Gasteiger partial charge in [0.1, 0.15) is 0 Å². The molecule has 0 spiro atoms. The van der Waals surface area contributed by atoms with Gasteiger partial charge in [0.25, 0.3) is 0 Å². The van der Waals surface area contributed by atoms with Gasteiger partial charge in [-0.3, -0.25) is 4.79 Å². The van der Waals surface area contributed by atoms with Gasteiger partial charge in [0.05, 0.1) is 17.1 Å². The second-order valence-electron chi connectivity index (χ2n) is 6.03. The minimum Gasteiger partial charge on any atom is -0.481 e. The smallest absolute Gasteiger partial charge is 0.315 e. The van der Waals surface area contributed by atoms with Gasteiger partial charge in [-0.2, -0.15) is 0 Å². The molecule has 6 nitrogen and oxygen atoms in total. The molecule has 1 atom stereocenters. The molecule has 1 saturated heterocycles. The maximum Gasteiger partial charge on any atom is 0.315 e. The Hall–Kier alpha value is -1.30. The molecule has 0 aromatic rings. The molecular formula is C13H24N2O4. The van der Waals surface area contributed by atoms with E-state index in [0.29, 0.717) is 6.54 Å². The van der Waals surface area contributed by atoms with Crippen molar-refractivity contribution in [2.75, 3.05) is 13.2 Å². The number of nitrogens with one attached hydrogen (secondary N) is 2. The summed E-state index contributed by atoms with van der Waals surface area (Å²) in [5, 5.41) is 14.6.